The van der Waals surface area contributed by atoms with Crippen molar-refractivity contribution in [1.29, 1.82) is 0 Å². The highest BCUT2D eigenvalue weighted by atomic mass is 32.1. The molecule has 2 heterocycles. The Morgan fingerprint density at radius 2 is 2.14 bits per heavy atom. The van der Waals surface area contributed by atoms with Crippen LogP contribution in [0.15, 0.2) is 11.7 Å². The molecule has 1 aliphatic rings. The zero-order chi connectivity index (χ0) is 9.97. The number of rotatable bonds is 2. The van der Waals surface area contributed by atoms with Crippen molar-refractivity contribution in [2.75, 3.05) is 13.1 Å². The maximum atomic E-state index is 10.9. The lowest BCUT2D eigenvalue weighted by molar-refractivity contribution is -0.167. The van der Waals surface area contributed by atoms with Crippen molar-refractivity contribution in [1.82, 2.24) is 9.88 Å². The molecule has 0 unspecified atom stereocenters. The fourth-order valence-electron chi connectivity index (χ4n) is 1.26. The van der Waals surface area contributed by atoms with Crippen molar-refractivity contribution in [2.45, 2.75) is 6.54 Å². The molecule has 14 heavy (non-hydrogen) atoms. The van der Waals surface area contributed by atoms with Crippen LogP contribution in [0.25, 0.3) is 0 Å². The van der Waals surface area contributed by atoms with Gasteiger partial charge >= 0.3 is 11.9 Å². The molecule has 1 saturated heterocycles. The van der Waals surface area contributed by atoms with Crippen LogP contribution in [-0.2, 0) is 20.9 Å². The smallest absolute Gasteiger partial charge is 0.327 e. The zero-order valence-electron chi connectivity index (χ0n) is 7.30. The molecular weight excluding hydrogens is 204 g/mol. The van der Waals surface area contributed by atoms with Gasteiger partial charge in [0.2, 0.25) is 0 Å². The molecule has 1 aromatic heterocycles. The molecule has 0 atom stereocenters. The van der Waals surface area contributed by atoms with Crippen LogP contribution in [0.4, 0.5) is 0 Å². The largest absolute Gasteiger partial charge is 0.391 e. The molecule has 0 N–H and O–H groups in total. The summed E-state index contributed by atoms with van der Waals surface area (Å²) in [7, 11) is 0. The highest BCUT2D eigenvalue weighted by Gasteiger charge is 2.24. The average molecular weight is 212 g/mol. The van der Waals surface area contributed by atoms with Gasteiger partial charge in [0.05, 0.1) is 18.6 Å². The van der Waals surface area contributed by atoms with Crippen molar-refractivity contribution < 1.29 is 14.3 Å². The van der Waals surface area contributed by atoms with Crippen molar-refractivity contribution in [3.05, 3.63) is 16.6 Å². The number of esters is 2. The Labute approximate surface area is 84.3 Å². The number of carbonyl (C=O) groups is 2. The van der Waals surface area contributed by atoms with Gasteiger partial charge in [-0.15, -0.1) is 11.3 Å². The summed E-state index contributed by atoms with van der Waals surface area (Å²) in [5, 5.41) is 0. The molecule has 1 aliphatic heterocycles. The SMILES string of the molecule is O=C1CN(Cc2cncs2)CC(=O)O1. The first-order valence-electron chi connectivity index (χ1n) is 4.07. The number of hydrogen-bond donors (Lipinski definition) is 0. The molecule has 1 aromatic rings. The van der Waals surface area contributed by atoms with Gasteiger partial charge in [-0.3, -0.25) is 19.5 Å². The van der Waals surface area contributed by atoms with Crippen LogP contribution in [-0.4, -0.2) is 34.9 Å². The molecule has 5 nitrogen and oxygen atoms in total. The van der Waals surface area contributed by atoms with Crippen LogP contribution in [0, 0.1) is 0 Å². The minimum absolute atomic E-state index is 0.170. The normalized spacial score (nSPS) is 18.3. The van der Waals surface area contributed by atoms with Crippen LogP contribution in [0.1, 0.15) is 4.88 Å². The fraction of sp³-hybridized carbons (Fsp3) is 0.375. The zero-order valence-corrected chi connectivity index (χ0v) is 8.12. The maximum Gasteiger partial charge on any atom is 0.327 e. The molecule has 1 fully saturated rings. The number of morpholine rings is 1. The Kier molecular flexibility index (Phi) is 2.55. The van der Waals surface area contributed by atoms with Crippen LogP contribution in [0.3, 0.4) is 0 Å². The fourth-order valence-corrected chi connectivity index (χ4v) is 1.90. The van der Waals surface area contributed by atoms with Crippen LogP contribution >= 0.6 is 11.3 Å². The first-order chi connectivity index (χ1) is 6.74. The van der Waals surface area contributed by atoms with Gasteiger partial charge in [-0.05, 0) is 0 Å². The molecular formula is C8H8N2O3S. The molecule has 0 amide bonds. The minimum Gasteiger partial charge on any atom is -0.391 e. The van der Waals surface area contributed by atoms with Gasteiger partial charge in [0.1, 0.15) is 0 Å². The predicted octanol–water partition coefficient (Wildman–Crippen LogP) is 0.0285. The predicted molar refractivity (Wildman–Crippen MR) is 48.5 cm³/mol. The average Bonchev–Trinajstić information content (AvgIpc) is 2.54. The highest BCUT2D eigenvalue weighted by molar-refractivity contribution is 7.09. The molecule has 0 bridgehead atoms. The van der Waals surface area contributed by atoms with Crippen molar-refractivity contribution >= 4 is 23.3 Å². The quantitative estimate of drug-likeness (QED) is 0.511. The molecule has 0 aliphatic carbocycles. The van der Waals surface area contributed by atoms with Gasteiger partial charge in [0, 0.05) is 17.6 Å². The van der Waals surface area contributed by atoms with Crippen molar-refractivity contribution in [2.24, 2.45) is 0 Å². The molecule has 74 valence electrons. The third kappa shape index (κ3) is 2.15. The number of nitrogens with zero attached hydrogens (tertiary/aromatic N) is 2. The second-order valence-electron chi connectivity index (χ2n) is 2.96. The Morgan fingerprint density at radius 1 is 1.43 bits per heavy atom. The van der Waals surface area contributed by atoms with Gasteiger partial charge in [0.25, 0.3) is 0 Å². The van der Waals surface area contributed by atoms with Gasteiger partial charge in [-0.2, -0.15) is 0 Å². The number of hydrogen-bond acceptors (Lipinski definition) is 6. The topological polar surface area (TPSA) is 59.5 Å². The Balaban J connectivity index is 1.98. The van der Waals surface area contributed by atoms with Crippen LogP contribution in [0.2, 0.25) is 0 Å². The van der Waals surface area contributed by atoms with E-state index in [1.54, 1.807) is 16.6 Å². The lowest BCUT2D eigenvalue weighted by Crippen LogP contribution is -2.42. The van der Waals surface area contributed by atoms with E-state index in [0.29, 0.717) is 6.54 Å². The van der Waals surface area contributed by atoms with Crippen molar-refractivity contribution in [3.8, 4) is 0 Å². The van der Waals surface area contributed by atoms with Gasteiger partial charge in [0.15, 0.2) is 0 Å². The Bertz CT molecular complexity index is 333. The van der Waals surface area contributed by atoms with Gasteiger partial charge in [-0.1, -0.05) is 0 Å². The first kappa shape index (κ1) is 9.29. The third-order valence-electron chi connectivity index (χ3n) is 1.80. The maximum absolute atomic E-state index is 10.9. The first-order valence-corrected chi connectivity index (χ1v) is 4.95. The summed E-state index contributed by atoms with van der Waals surface area (Å²) in [5.74, 6) is -0.962. The summed E-state index contributed by atoms with van der Waals surface area (Å²) in [4.78, 5) is 28.5. The second kappa shape index (κ2) is 3.85. The Hall–Kier alpha value is -1.27. The lowest BCUT2D eigenvalue weighted by Gasteiger charge is -2.22. The van der Waals surface area contributed by atoms with E-state index in [4.69, 9.17) is 0 Å². The highest BCUT2D eigenvalue weighted by Crippen LogP contribution is 2.11. The number of carbonyl (C=O) groups excluding carboxylic acids is 2. The van der Waals surface area contributed by atoms with E-state index in [1.165, 1.54) is 11.3 Å². The van der Waals surface area contributed by atoms with E-state index in [1.807, 2.05) is 0 Å². The second-order valence-corrected chi connectivity index (χ2v) is 3.93. The molecule has 0 saturated carbocycles. The molecule has 0 radical (unpaired) electrons. The van der Waals surface area contributed by atoms with Crippen LogP contribution in [0.5, 0.6) is 0 Å². The molecule has 0 aromatic carbocycles. The van der Waals surface area contributed by atoms with E-state index in [9.17, 15) is 9.59 Å². The number of ether oxygens (including phenoxy) is 1. The van der Waals surface area contributed by atoms with E-state index in [-0.39, 0.29) is 13.1 Å². The summed E-state index contributed by atoms with van der Waals surface area (Å²) < 4.78 is 4.40. The van der Waals surface area contributed by atoms with Gasteiger partial charge < -0.3 is 4.74 Å². The third-order valence-corrected chi connectivity index (χ3v) is 2.56. The van der Waals surface area contributed by atoms with Crippen LogP contribution < -0.4 is 0 Å². The van der Waals surface area contributed by atoms with Crippen molar-refractivity contribution in [3.63, 3.8) is 0 Å². The van der Waals surface area contributed by atoms with Gasteiger partial charge in [-0.25, -0.2) is 0 Å². The molecule has 6 heteroatoms. The summed E-state index contributed by atoms with van der Waals surface area (Å²) in [5.41, 5.74) is 1.72. The van der Waals surface area contributed by atoms with E-state index in [0.717, 1.165) is 4.88 Å². The summed E-state index contributed by atoms with van der Waals surface area (Å²) in [6.45, 7) is 0.915. The minimum atomic E-state index is -0.481. The molecule has 0 spiro atoms. The number of cyclic esters (lactones) is 2. The van der Waals surface area contributed by atoms with E-state index >= 15 is 0 Å². The standard InChI is InChI=1S/C8H8N2O3S/c11-7-3-10(4-8(12)13-7)2-6-1-9-5-14-6/h1,5H,2-4H2. The number of aromatic nitrogens is 1. The molecule has 2 rings (SSSR count). The number of thiazole rings is 1. The van der Waals surface area contributed by atoms with E-state index < -0.39 is 11.9 Å². The van der Waals surface area contributed by atoms with E-state index in [2.05, 4.69) is 9.72 Å². The summed E-state index contributed by atoms with van der Waals surface area (Å²) >= 11 is 1.50. The lowest BCUT2D eigenvalue weighted by atomic mass is 10.4. The monoisotopic (exact) mass is 212 g/mol. The summed E-state index contributed by atoms with van der Waals surface area (Å²) in [6.07, 6.45) is 1.73. The summed E-state index contributed by atoms with van der Waals surface area (Å²) in [6, 6.07) is 0. The Morgan fingerprint density at radius 3 is 2.71 bits per heavy atom.